The molecule has 1 rings (SSSR count). The number of hydrogen-bond acceptors (Lipinski definition) is 2. The first-order valence-corrected chi connectivity index (χ1v) is 5.44. The molecule has 0 aliphatic heterocycles. The summed E-state index contributed by atoms with van der Waals surface area (Å²) in [5.41, 5.74) is 0. The molecule has 0 atom stereocenters. The van der Waals surface area contributed by atoms with Crippen LogP contribution in [-0.4, -0.2) is 38.0 Å². The van der Waals surface area contributed by atoms with Gasteiger partial charge in [-0.25, -0.2) is 0 Å². The molecule has 1 fully saturated rings. The molecule has 0 spiro atoms. The first-order chi connectivity index (χ1) is 6.70. The Morgan fingerprint density at radius 1 is 1.43 bits per heavy atom. The molecule has 0 aromatic rings. The zero-order valence-corrected chi connectivity index (χ0v) is 9.25. The summed E-state index contributed by atoms with van der Waals surface area (Å²) in [5, 5.41) is 2.99. The van der Waals surface area contributed by atoms with Crippen LogP contribution in [0.3, 0.4) is 0 Å². The Morgan fingerprint density at radius 2 is 2.07 bits per heavy atom. The molecular formula is C11H21N2O. The average Bonchev–Trinajstić information content (AvgIpc) is 2.18. The zero-order chi connectivity index (χ0) is 10.4. The third-order valence-electron chi connectivity index (χ3n) is 2.67. The van der Waals surface area contributed by atoms with Crippen LogP contribution in [0.2, 0.25) is 0 Å². The maximum Gasteiger partial charge on any atom is 0.223 e. The molecule has 1 aliphatic carbocycles. The molecule has 0 bridgehead atoms. The van der Waals surface area contributed by atoms with Gasteiger partial charge in [0.15, 0.2) is 0 Å². The summed E-state index contributed by atoms with van der Waals surface area (Å²) in [4.78, 5) is 13.7. The third-order valence-corrected chi connectivity index (χ3v) is 2.67. The first kappa shape index (κ1) is 11.5. The lowest BCUT2D eigenvalue weighted by Crippen LogP contribution is -2.36. The maximum atomic E-state index is 11.6. The Balaban J connectivity index is 2.13. The Kier molecular flexibility index (Phi) is 4.94. The second-order valence-corrected chi connectivity index (χ2v) is 4.23. The molecule has 0 heterocycles. The highest BCUT2D eigenvalue weighted by Crippen LogP contribution is 2.22. The minimum Gasteiger partial charge on any atom is -0.355 e. The van der Waals surface area contributed by atoms with E-state index in [4.69, 9.17) is 0 Å². The molecule has 0 aromatic heterocycles. The van der Waals surface area contributed by atoms with E-state index in [1.807, 2.05) is 14.1 Å². The van der Waals surface area contributed by atoms with Gasteiger partial charge in [-0.05, 0) is 46.2 Å². The quantitative estimate of drug-likeness (QED) is 0.731. The van der Waals surface area contributed by atoms with Crippen molar-refractivity contribution in [2.24, 2.45) is 5.92 Å². The summed E-state index contributed by atoms with van der Waals surface area (Å²) >= 11 is 0. The molecule has 1 aliphatic rings. The summed E-state index contributed by atoms with van der Waals surface area (Å²) in [6.07, 6.45) is 6.56. The summed E-state index contributed by atoms with van der Waals surface area (Å²) in [6, 6.07) is 0. The normalized spacial score (nSPS) is 18.5. The van der Waals surface area contributed by atoms with Crippen LogP contribution in [0.4, 0.5) is 0 Å². The fraction of sp³-hybridized carbons (Fsp3) is 0.818. The summed E-state index contributed by atoms with van der Waals surface area (Å²) in [5.74, 6) is 0.516. The fourth-order valence-electron chi connectivity index (χ4n) is 1.74. The Morgan fingerprint density at radius 3 is 2.64 bits per heavy atom. The second kappa shape index (κ2) is 6.02. The van der Waals surface area contributed by atoms with E-state index >= 15 is 0 Å². The predicted molar refractivity (Wildman–Crippen MR) is 57.8 cm³/mol. The molecule has 3 nitrogen and oxygen atoms in total. The zero-order valence-electron chi connectivity index (χ0n) is 9.25. The van der Waals surface area contributed by atoms with Crippen LogP contribution in [0.5, 0.6) is 0 Å². The number of likely N-dealkylation sites (N-methyl/N-ethyl adjacent to an activating group) is 1. The van der Waals surface area contributed by atoms with Crippen molar-refractivity contribution in [3.63, 3.8) is 0 Å². The Bertz CT molecular complexity index is 174. The van der Waals surface area contributed by atoms with E-state index in [2.05, 4.69) is 16.6 Å². The topological polar surface area (TPSA) is 32.3 Å². The largest absolute Gasteiger partial charge is 0.355 e. The van der Waals surface area contributed by atoms with Gasteiger partial charge < -0.3 is 10.2 Å². The first-order valence-electron chi connectivity index (χ1n) is 5.44. The molecule has 3 heteroatoms. The van der Waals surface area contributed by atoms with Crippen LogP contribution in [0.25, 0.3) is 0 Å². The summed E-state index contributed by atoms with van der Waals surface area (Å²) in [6.45, 7) is 1.69. The summed E-state index contributed by atoms with van der Waals surface area (Å²) in [7, 11) is 4.03. The maximum absolute atomic E-state index is 11.6. The van der Waals surface area contributed by atoms with Crippen LogP contribution < -0.4 is 5.32 Å². The predicted octanol–water partition coefficient (Wildman–Crippen LogP) is 1.06. The minimum atomic E-state index is 0.250. The highest BCUT2D eigenvalue weighted by Gasteiger charge is 2.20. The molecular weight excluding hydrogens is 176 g/mol. The van der Waals surface area contributed by atoms with Crippen molar-refractivity contribution in [1.29, 1.82) is 0 Å². The van der Waals surface area contributed by atoms with Crippen molar-refractivity contribution in [1.82, 2.24) is 10.2 Å². The van der Waals surface area contributed by atoms with E-state index in [1.165, 1.54) is 0 Å². The van der Waals surface area contributed by atoms with Gasteiger partial charge in [-0.2, -0.15) is 0 Å². The lowest BCUT2D eigenvalue weighted by molar-refractivity contribution is -0.125. The molecule has 0 unspecified atom stereocenters. The molecule has 1 radical (unpaired) electrons. The Labute approximate surface area is 86.9 Å². The van der Waals surface area contributed by atoms with Gasteiger partial charge in [-0.15, -0.1) is 0 Å². The number of hydrogen-bond donors (Lipinski definition) is 1. The van der Waals surface area contributed by atoms with Gasteiger partial charge in [0.25, 0.3) is 0 Å². The van der Waals surface area contributed by atoms with Gasteiger partial charge >= 0.3 is 0 Å². The van der Waals surface area contributed by atoms with Gasteiger partial charge in [0.2, 0.25) is 5.91 Å². The van der Waals surface area contributed by atoms with Crippen LogP contribution in [0, 0.1) is 12.3 Å². The van der Waals surface area contributed by atoms with Crippen LogP contribution in [-0.2, 0) is 4.79 Å². The minimum absolute atomic E-state index is 0.250. The van der Waals surface area contributed by atoms with E-state index in [0.29, 0.717) is 0 Å². The van der Waals surface area contributed by atoms with Crippen molar-refractivity contribution in [2.45, 2.75) is 25.7 Å². The van der Waals surface area contributed by atoms with Gasteiger partial charge in [-0.1, -0.05) is 0 Å². The number of carbonyl (C=O) groups is 1. The molecule has 1 amide bonds. The van der Waals surface area contributed by atoms with Gasteiger partial charge in [0.1, 0.15) is 0 Å². The number of amides is 1. The van der Waals surface area contributed by atoms with Crippen molar-refractivity contribution in [3.8, 4) is 0 Å². The standard InChI is InChI=1S/C11H21N2O/c1-13(2)9-8-12-11(14)10-6-4-3-5-7-10/h3,10H,4-9H2,1-2H3,(H,12,14). The van der Waals surface area contributed by atoms with Crippen molar-refractivity contribution < 1.29 is 4.79 Å². The van der Waals surface area contributed by atoms with Gasteiger partial charge in [0, 0.05) is 19.0 Å². The Hall–Kier alpha value is -0.570. The SMILES string of the molecule is CN(C)CCNC(=O)C1CC[CH]CC1. The second-order valence-electron chi connectivity index (χ2n) is 4.23. The molecule has 81 valence electrons. The lowest BCUT2D eigenvalue weighted by Gasteiger charge is -2.21. The van der Waals surface area contributed by atoms with E-state index in [9.17, 15) is 4.79 Å². The highest BCUT2D eigenvalue weighted by atomic mass is 16.1. The number of nitrogens with one attached hydrogen (secondary N) is 1. The van der Waals surface area contributed by atoms with Crippen molar-refractivity contribution in [2.75, 3.05) is 27.2 Å². The van der Waals surface area contributed by atoms with Crippen LogP contribution >= 0.6 is 0 Å². The number of nitrogens with zero attached hydrogens (tertiary/aromatic N) is 1. The average molecular weight is 197 g/mol. The number of rotatable bonds is 4. The molecule has 14 heavy (non-hydrogen) atoms. The monoisotopic (exact) mass is 197 g/mol. The number of carbonyl (C=O) groups excluding carboxylic acids is 1. The molecule has 0 aromatic carbocycles. The van der Waals surface area contributed by atoms with Gasteiger partial charge in [0.05, 0.1) is 0 Å². The van der Waals surface area contributed by atoms with Crippen molar-refractivity contribution >= 4 is 5.91 Å². The fourth-order valence-corrected chi connectivity index (χ4v) is 1.74. The molecule has 1 N–H and O–H groups in total. The summed E-state index contributed by atoms with van der Waals surface area (Å²) < 4.78 is 0. The molecule has 0 saturated heterocycles. The van der Waals surface area contributed by atoms with E-state index < -0.39 is 0 Å². The van der Waals surface area contributed by atoms with Crippen molar-refractivity contribution in [3.05, 3.63) is 6.42 Å². The van der Waals surface area contributed by atoms with E-state index in [1.54, 1.807) is 0 Å². The van der Waals surface area contributed by atoms with E-state index in [0.717, 1.165) is 38.8 Å². The molecule has 1 saturated carbocycles. The van der Waals surface area contributed by atoms with E-state index in [-0.39, 0.29) is 11.8 Å². The van der Waals surface area contributed by atoms with Crippen LogP contribution in [0.15, 0.2) is 0 Å². The highest BCUT2D eigenvalue weighted by molar-refractivity contribution is 5.78. The lowest BCUT2D eigenvalue weighted by atomic mass is 9.89. The van der Waals surface area contributed by atoms with Gasteiger partial charge in [-0.3, -0.25) is 4.79 Å². The third kappa shape index (κ3) is 4.09. The smallest absolute Gasteiger partial charge is 0.223 e. The van der Waals surface area contributed by atoms with Crippen LogP contribution in [0.1, 0.15) is 25.7 Å².